The monoisotopic (exact) mass is 389 g/mol. The first kappa shape index (κ1) is 18.1. The van der Waals surface area contributed by atoms with Gasteiger partial charge in [0, 0.05) is 36.4 Å². The van der Waals surface area contributed by atoms with Gasteiger partial charge in [-0.3, -0.25) is 9.78 Å². The van der Waals surface area contributed by atoms with E-state index in [0.717, 1.165) is 27.2 Å². The smallest absolute Gasteiger partial charge is 0.252 e. The average molecular weight is 389 g/mol. The van der Waals surface area contributed by atoms with Crippen molar-refractivity contribution in [3.05, 3.63) is 71.6 Å². The normalized spacial score (nSPS) is 10.8. The second-order valence-electron chi connectivity index (χ2n) is 6.34. The van der Waals surface area contributed by atoms with Crippen molar-refractivity contribution >= 4 is 33.3 Å². The van der Waals surface area contributed by atoms with Crippen LogP contribution in [0.5, 0.6) is 0 Å². The lowest BCUT2D eigenvalue weighted by Gasteiger charge is -2.09. The number of nitrogens with zero attached hydrogens (tertiary/aromatic N) is 3. The Balaban J connectivity index is 1.47. The van der Waals surface area contributed by atoms with Crippen LogP contribution in [0.25, 0.3) is 21.3 Å². The van der Waals surface area contributed by atoms with Crippen LogP contribution in [0.1, 0.15) is 15.9 Å². The van der Waals surface area contributed by atoms with E-state index in [1.807, 2.05) is 0 Å². The van der Waals surface area contributed by atoms with E-state index < -0.39 is 0 Å². The molecule has 1 amide bonds. The minimum absolute atomic E-state index is 0.140. The highest BCUT2D eigenvalue weighted by Gasteiger charge is 2.13. The number of hydrogen-bond acceptors (Lipinski definition) is 6. The summed E-state index contributed by atoms with van der Waals surface area (Å²) in [6.07, 6.45) is 4.76. The van der Waals surface area contributed by atoms with Crippen LogP contribution in [0.15, 0.2) is 60.5 Å². The molecule has 0 unspecified atom stereocenters. The molecule has 4 aromatic rings. The molecule has 2 N–H and O–H groups in total. The van der Waals surface area contributed by atoms with Crippen molar-refractivity contribution < 1.29 is 4.79 Å². The number of nitrogens with one attached hydrogen (secondary N) is 2. The molecule has 1 aromatic carbocycles. The molecule has 3 heterocycles. The molecule has 0 atom stereocenters. The molecule has 28 heavy (non-hydrogen) atoms. The van der Waals surface area contributed by atoms with Crippen LogP contribution < -0.4 is 10.6 Å². The predicted octanol–water partition coefficient (Wildman–Crippen LogP) is 3.90. The van der Waals surface area contributed by atoms with E-state index in [1.54, 1.807) is 42.2 Å². The van der Waals surface area contributed by atoms with Crippen molar-refractivity contribution in [2.45, 2.75) is 6.92 Å². The van der Waals surface area contributed by atoms with E-state index in [1.165, 1.54) is 5.56 Å². The molecule has 0 spiro atoms. The highest BCUT2D eigenvalue weighted by atomic mass is 32.1. The van der Waals surface area contributed by atoms with Crippen molar-refractivity contribution in [1.29, 1.82) is 0 Å². The number of carbonyl (C=O) groups excluding carboxylic acids is 1. The molecule has 0 radical (unpaired) electrons. The molecule has 0 fully saturated rings. The number of carbonyl (C=O) groups is 1. The number of benzene rings is 1. The van der Waals surface area contributed by atoms with Crippen LogP contribution in [-0.2, 0) is 0 Å². The number of hydrogen-bond donors (Lipinski definition) is 2. The molecular formula is C21H19N5OS. The van der Waals surface area contributed by atoms with Crippen molar-refractivity contribution in [3.8, 4) is 11.1 Å². The Labute approximate surface area is 166 Å². The third-order valence-corrected chi connectivity index (χ3v) is 5.25. The van der Waals surface area contributed by atoms with E-state index >= 15 is 0 Å². The van der Waals surface area contributed by atoms with Crippen LogP contribution in [0.4, 0.5) is 5.82 Å². The SMILES string of the molecule is Cc1ccc(-c2csc3ncnc(NCCNC(=O)c4cccnc4)c23)cc1. The summed E-state index contributed by atoms with van der Waals surface area (Å²) in [4.78, 5) is 25.8. The van der Waals surface area contributed by atoms with Gasteiger partial charge in [-0.2, -0.15) is 0 Å². The molecule has 4 rings (SSSR count). The lowest BCUT2D eigenvalue weighted by molar-refractivity contribution is 0.0955. The summed E-state index contributed by atoms with van der Waals surface area (Å²) in [5.74, 6) is 0.635. The largest absolute Gasteiger partial charge is 0.368 e. The molecule has 140 valence electrons. The first-order chi connectivity index (χ1) is 13.7. The Kier molecular flexibility index (Phi) is 5.25. The zero-order valence-electron chi connectivity index (χ0n) is 15.3. The molecule has 0 aliphatic rings. The van der Waals surface area contributed by atoms with E-state index in [4.69, 9.17) is 0 Å². The lowest BCUT2D eigenvalue weighted by Crippen LogP contribution is -2.29. The van der Waals surface area contributed by atoms with Crippen molar-refractivity contribution in [2.24, 2.45) is 0 Å². The van der Waals surface area contributed by atoms with E-state index in [9.17, 15) is 4.79 Å². The number of thiophene rings is 1. The van der Waals surface area contributed by atoms with E-state index in [-0.39, 0.29) is 5.91 Å². The number of rotatable bonds is 6. The number of aryl methyl sites for hydroxylation is 1. The fourth-order valence-electron chi connectivity index (χ4n) is 2.91. The first-order valence-corrected chi connectivity index (χ1v) is 9.81. The van der Waals surface area contributed by atoms with Gasteiger partial charge in [-0.25, -0.2) is 9.97 Å². The van der Waals surface area contributed by atoms with Gasteiger partial charge in [-0.1, -0.05) is 29.8 Å². The third-order valence-electron chi connectivity index (χ3n) is 4.36. The van der Waals surface area contributed by atoms with Crippen LogP contribution in [0, 0.1) is 6.92 Å². The van der Waals surface area contributed by atoms with Crippen molar-refractivity contribution in [1.82, 2.24) is 20.3 Å². The summed E-state index contributed by atoms with van der Waals surface area (Å²) >= 11 is 1.60. The Morgan fingerprint density at radius 2 is 1.96 bits per heavy atom. The molecule has 0 bridgehead atoms. The minimum Gasteiger partial charge on any atom is -0.368 e. The van der Waals surface area contributed by atoms with Gasteiger partial charge in [-0.05, 0) is 24.6 Å². The topological polar surface area (TPSA) is 79.8 Å². The summed E-state index contributed by atoms with van der Waals surface area (Å²) in [6, 6.07) is 11.9. The van der Waals surface area contributed by atoms with Gasteiger partial charge in [0.1, 0.15) is 17.0 Å². The molecule has 0 aliphatic heterocycles. The second kappa shape index (κ2) is 8.14. The summed E-state index contributed by atoms with van der Waals surface area (Å²) < 4.78 is 0. The Bertz CT molecular complexity index is 1090. The highest BCUT2D eigenvalue weighted by Crippen LogP contribution is 2.36. The van der Waals surface area contributed by atoms with Crippen LogP contribution in [-0.4, -0.2) is 33.9 Å². The first-order valence-electron chi connectivity index (χ1n) is 8.94. The standard InChI is InChI=1S/C21H19N5OS/c1-14-4-6-15(7-5-14)17-12-28-21-18(17)19(25-13-26-21)23-9-10-24-20(27)16-3-2-8-22-11-16/h2-8,11-13H,9-10H2,1H3,(H,24,27)(H,23,25,26). The molecule has 0 aliphatic carbocycles. The van der Waals surface area contributed by atoms with Crippen LogP contribution in [0.2, 0.25) is 0 Å². The maximum atomic E-state index is 12.1. The van der Waals surface area contributed by atoms with Crippen LogP contribution in [0.3, 0.4) is 0 Å². The number of aromatic nitrogens is 3. The lowest BCUT2D eigenvalue weighted by atomic mass is 10.0. The van der Waals surface area contributed by atoms with Crippen LogP contribution >= 0.6 is 11.3 Å². The maximum Gasteiger partial charge on any atom is 0.252 e. The summed E-state index contributed by atoms with van der Waals surface area (Å²) in [7, 11) is 0. The van der Waals surface area contributed by atoms with Gasteiger partial charge in [0.15, 0.2) is 0 Å². The van der Waals surface area contributed by atoms with Gasteiger partial charge < -0.3 is 10.6 Å². The number of fused-ring (bicyclic) bond motifs is 1. The zero-order valence-corrected chi connectivity index (χ0v) is 16.2. The summed E-state index contributed by atoms with van der Waals surface area (Å²) in [6.45, 7) is 3.11. The average Bonchev–Trinajstić information content (AvgIpc) is 3.17. The fraction of sp³-hybridized carbons (Fsp3) is 0.143. The quantitative estimate of drug-likeness (QED) is 0.489. The Morgan fingerprint density at radius 1 is 1.11 bits per heavy atom. The van der Waals surface area contributed by atoms with E-state index in [0.29, 0.717) is 18.7 Å². The number of pyridine rings is 1. The van der Waals surface area contributed by atoms with Gasteiger partial charge in [-0.15, -0.1) is 11.3 Å². The summed E-state index contributed by atoms with van der Waals surface area (Å²) in [5, 5.41) is 9.33. The van der Waals surface area contributed by atoms with Gasteiger partial charge >= 0.3 is 0 Å². The van der Waals surface area contributed by atoms with Gasteiger partial charge in [0.05, 0.1) is 10.9 Å². The van der Waals surface area contributed by atoms with Crippen molar-refractivity contribution in [3.63, 3.8) is 0 Å². The second-order valence-corrected chi connectivity index (χ2v) is 7.20. The van der Waals surface area contributed by atoms with Crippen molar-refractivity contribution in [2.75, 3.05) is 18.4 Å². The van der Waals surface area contributed by atoms with E-state index in [2.05, 4.69) is 62.2 Å². The molecule has 0 saturated heterocycles. The predicted molar refractivity (Wildman–Crippen MR) is 113 cm³/mol. The van der Waals surface area contributed by atoms with Gasteiger partial charge in [0.2, 0.25) is 0 Å². The molecular weight excluding hydrogens is 370 g/mol. The third kappa shape index (κ3) is 3.84. The fourth-order valence-corrected chi connectivity index (χ4v) is 3.83. The minimum atomic E-state index is -0.140. The zero-order chi connectivity index (χ0) is 19.3. The molecule has 6 nitrogen and oxygen atoms in total. The molecule has 0 saturated carbocycles. The molecule has 3 aromatic heterocycles. The van der Waals surface area contributed by atoms with Gasteiger partial charge in [0.25, 0.3) is 5.91 Å². The Hall–Kier alpha value is -3.32. The highest BCUT2D eigenvalue weighted by molar-refractivity contribution is 7.17. The number of anilines is 1. The number of amides is 1. The summed E-state index contributed by atoms with van der Waals surface area (Å²) in [5.41, 5.74) is 4.02. The Morgan fingerprint density at radius 3 is 2.75 bits per heavy atom. The molecule has 7 heteroatoms. The maximum absolute atomic E-state index is 12.1.